The molecule has 0 bridgehead atoms. The maximum Gasteiger partial charge on any atom is 0.340 e. The summed E-state index contributed by atoms with van der Waals surface area (Å²) in [5.74, 6) is -2.38. The van der Waals surface area contributed by atoms with Crippen molar-refractivity contribution in [2.75, 3.05) is 0 Å². The van der Waals surface area contributed by atoms with Crippen molar-refractivity contribution < 1.29 is 24.2 Å². The lowest BCUT2D eigenvalue weighted by Gasteiger charge is -1.94. The molecule has 5 nitrogen and oxygen atoms in total. The van der Waals surface area contributed by atoms with Gasteiger partial charge in [-0.15, -0.1) is 0 Å². The molecule has 0 aliphatic carbocycles. The van der Waals surface area contributed by atoms with Gasteiger partial charge in [0, 0.05) is 6.42 Å². The molecule has 2 N–H and O–H groups in total. The van der Waals surface area contributed by atoms with Crippen LogP contribution in [0.4, 0.5) is 0 Å². The van der Waals surface area contributed by atoms with E-state index in [1.54, 1.807) is 6.92 Å². The standard InChI is InChI=1S/C8H8O5/c1-2-5-6(8(11)12)4(3-13-5)7(9)10/h3H,2H2,1H3,(H,9,10)(H,11,12). The fourth-order valence-electron chi connectivity index (χ4n) is 1.05. The Morgan fingerprint density at radius 1 is 1.38 bits per heavy atom. The Kier molecular flexibility index (Phi) is 2.36. The van der Waals surface area contributed by atoms with Crippen LogP contribution in [-0.4, -0.2) is 22.2 Å². The lowest BCUT2D eigenvalue weighted by Crippen LogP contribution is -2.06. The first-order chi connectivity index (χ1) is 6.07. The molecule has 0 aliphatic rings. The average molecular weight is 184 g/mol. The lowest BCUT2D eigenvalue weighted by molar-refractivity contribution is 0.0652. The van der Waals surface area contributed by atoms with Gasteiger partial charge in [0.1, 0.15) is 23.2 Å². The van der Waals surface area contributed by atoms with E-state index in [9.17, 15) is 9.59 Å². The van der Waals surface area contributed by atoms with Crippen LogP contribution in [0.15, 0.2) is 10.7 Å². The van der Waals surface area contributed by atoms with E-state index in [-0.39, 0.29) is 16.9 Å². The fraction of sp³-hybridized carbons (Fsp3) is 0.250. The van der Waals surface area contributed by atoms with Crippen molar-refractivity contribution in [3.63, 3.8) is 0 Å². The van der Waals surface area contributed by atoms with E-state index >= 15 is 0 Å². The van der Waals surface area contributed by atoms with Gasteiger partial charge in [-0.1, -0.05) is 6.92 Å². The molecule has 70 valence electrons. The predicted octanol–water partition coefficient (Wildman–Crippen LogP) is 1.24. The highest BCUT2D eigenvalue weighted by atomic mass is 16.4. The average Bonchev–Trinajstić information content (AvgIpc) is 2.46. The first kappa shape index (κ1) is 9.31. The number of hydrogen-bond donors (Lipinski definition) is 2. The van der Waals surface area contributed by atoms with E-state index in [4.69, 9.17) is 14.6 Å². The molecule has 0 saturated heterocycles. The maximum atomic E-state index is 10.6. The van der Waals surface area contributed by atoms with Crippen molar-refractivity contribution in [3.05, 3.63) is 23.2 Å². The summed E-state index contributed by atoms with van der Waals surface area (Å²) in [5.41, 5.74) is -0.556. The topological polar surface area (TPSA) is 87.7 Å². The van der Waals surface area contributed by atoms with E-state index in [1.807, 2.05) is 0 Å². The minimum atomic E-state index is -1.29. The zero-order valence-corrected chi connectivity index (χ0v) is 6.90. The largest absolute Gasteiger partial charge is 0.478 e. The molecular formula is C8H8O5. The Morgan fingerprint density at radius 3 is 2.38 bits per heavy atom. The van der Waals surface area contributed by atoms with Crippen LogP contribution in [-0.2, 0) is 6.42 Å². The number of carboxylic acids is 2. The highest BCUT2D eigenvalue weighted by Crippen LogP contribution is 2.17. The molecule has 0 amide bonds. The molecule has 0 spiro atoms. The number of hydrogen-bond acceptors (Lipinski definition) is 3. The maximum absolute atomic E-state index is 10.6. The first-order valence-electron chi connectivity index (χ1n) is 3.64. The van der Waals surface area contributed by atoms with Gasteiger partial charge < -0.3 is 14.6 Å². The Balaban J connectivity index is 3.30. The number of furan rings is 1. The van der Waals surface area contributed by atoms with E-state index in [2.05, 4.69) is 0 Å². The third-order valence-corrected chi connectivity index (χ3v) is 1.63. The summed E-state index contributed by atoms with van der Waals surface area (Å²) < 4.78 is 4.81. The fourth-order valence-corrected chi connectivity index (χ4v) is 1.05. The third-order valence-electron chi connectivity index (χ3n) is 1.63. The highest BCUT2D eigenvalue weighted by molar-refractivity contribution is 6.02. The van der Waals surface area contributed by atoms with Crippen LogP contribution in [0.1, 0.15) is 33.4 Å². The Morgan fingerprint density at radius 2 is 2.00 bits per heavy atom. The van der Waals surface area contributed by atoms with Crippen molar-refractivity contribution in [2.45, 2.75) is 13.3 Å². The van der Waals surface area contributed by atoms with Gasteiger partial charge in [-0.25, -0.2) is 9.59 Å². The molecule has 0 saturated carbocycles. The van der Waals surface area contributed by atoms with Crippen molar-refractivity contribution in [1.82, 2.24) is 0 Å². The molecule has 1 aromatic rings. The van der Waals surface area contributed by atoms with Crippen molar-refractivity contribution in [2.24, 2.45) is 0 Å². The molecule has 0 atom stereocenters. The number of aromatic carboxylic acids is 2. The predicted molar refractivity (Wildman–Crippen MR) is 42.0 cm³/mol. The molecule has 0 aromatic carbocycles. The monoisotopic (exact) mass is 184 g/mol. The Bertz CT molecular complexity index is 349. The zero-order valence-electron chi connectivity index (χ0n) is 6.90. The first-order valence-corrected chi connectivity index (χ1v) is 3.64. The number of rotatable bonds is 3. The second kappa shape index (κ2) is 3.30. The van der Waals surface area contributed by atoms with Crippen LogP contribution >= 0.6 is 0 Å². The Labute approximate surface area is 73.6 Å². The van der Waals surface area contributed by atoms with Gasteiger partial charge in [0.2, 0.25) is 0 Å². The van der Waals surface area contributed by atoms with Crippen molar-refractivity contribution >= 4 is 11.9 Å². The summed E-state index contributed by atoms with van der Waals surface area (Å²) in [6, 6.07) is 0. The summed E-state index contributed by atoms with van der Waals surface area (Å²) in [6.07, 6.45) is 1.31. The van der Waals surface area contributed by atoms with Gasteiger partial charge in [-0.3, -0.25) is 0 Å². The minimum Gasteiger partial charge on any atom is -0.478 e. The van der Waals surface area contributed by atoms with Gasteiger partial charge in [-0.05, 0) is 0 Å². The van der Waals surface area contributed by atoms with E-state index in [0.717, 1.165) is 6.26 Å². The van der Waals surface area contributed by atoms with Gasteiger partial charge in [0.15, 0.2) is 0 Å². The second-order valence-electron chi connectivity index (χ2n) is 2.41. The van der Waals surface area contributed by atoms with E-state index in [0.29, 0.717) is 6.42 Å². The van der Waals surface area contributed by atoms with Crippen LogP contribution in [0.3, 0.4) is 0 Å². The normalized spacial score (nSPS) is 9.92. The van der Waals surface area contributed by atoms with Crippen LogP contribution < -0.4 is 0 Å². The minimum absolute atomic E-state index is 0.185. The summed E-state index contributed by atoms with van der Waals surface area (Å²) in [6.45, 7) is 1.69. The van der Waals surface area contributed by atoms with Gasteiger partial charge in [0.25, 0.3) is 0 Å². The molecule has 1 rings (SSSR count). The number of carbonyl (C=O) groups is 2. The van der Waals surface area contributed by atoms with Crippen LogP contribution in [0.5, 0.6) is 0 Å². The molecule has 1 aromatic heterocycles. The molecular weight excluding hydrogens is 176 g/mol. The van der Waals surface area contributed by atoms with Crippen molar-refractivity contribution in [1.29, 1.82) is 0 Å². The van der Waals surface area contributed by atoms with Crippen LogP contribution in [0.2, 0.25) is 0 Å². The summed E-state index contributed by atoms with van der Waals surface area (Å²) >= 11 is 0. The number of aryl methyl sites for hydroxylation is 1. The molecule has 0 fully saturated rings. The van der Waals surface area contributed by atoms with Crippen LogP contribution in [0.25, 0.3) is 0 Å². The summed E-state index contributed by atoms with van der Waals surface area (Å²) in [7, 11) is 0. The molecule has 5 heteroatoms. The molecule has 0 radical (unpaired) electrons. The van der Waals surface area contributed by atoms with Gasteiger partial charge >= 0.3 is 11.9 Å². The second-order valence-corrected chi connectivity index (χ2v) is 2.41. The SMILES string of the molecule is CCc1occ(C(=O)O)c1C(=O)O. The third kappa shape index (κ3) is 1.53. The smallest absolute Gasteiger partial charge is 0.340 e. The molecule has 0 unspecified atom stereocenters. The highest BCUT2D eigenvalue weighted by Gasteiger charge is 2.23. The molecule has 1 heterocycles. The Hall–Kier alpha value is -1.78. The molecule has 13 heavy (non-hydrogen) atoms. The van der Waals surface area contributed by atoms with Crippen molar-refractivity contribution in [3.8, 4) is 0 Å². The van der Waals surface area contributed by atoms with Crippen LogP contribution in [0, 0.1) is 0 Å². The quantitative estimate of drug-likeness (QED) is 0.737. The molecule has 0 aliphatic heterocycles. The van der Waals surface area contributed by atoms with E-state index in [1.165, 1.54) is 0 Å². The number of carboxylic acid groups (broad SMARTS) is 2. The lowest BCUT2D eigenvalue weighted by atomic mass is 10.1. The van der Waals surface area contributed by atoms with Gasteiger partial charge in [0.05, 0.1) is 0 Å². The van der Waals surface area contributed by atoms with E-state index < -0.39 is 11.9 Å². The summed E-state index contributed by atoms with van der Waals surface area (Å²) in [5, 5.41) is 17.3. The van der Waals surface area contributed by atoms with Gasteiger partial charge in [-0.2, -0.15) is 0 Å². The zero-order chi connectivity index (χ0) is 10.0. The summed E-state index contributed by atoms with van der Waals surface area (Å²) in [4.78, 5) is 21.2.